The molecule has 1 atom stereocenters. The zero-order chi connectivity index (χ0) is 15.9. The number of hydrogen-bond donors (Lipinski definition) is 0. The first-order valence-electron chi connectivity index (χ1n) is 6.45. The first-order chi connectivity index (χ1) is 10.4. The highest BCUT2D eigenvalue weighted by Gasteiger charge is 2.35. The van der Waals surface area contributed by atoms with Gasteiger partial charge < -0.3 is 4.74 Å². The van der Waals surface area contributed by atoms with Gasteiger partial charge in [0.05, 0.1) is 22.2 Å². The van der Waals surface area contributed by atoms with Crippen LogP contribution in [0.5, 0.6) is 5.75 Å². The van der Waals surface area contributed by atoms with Crippen LogP contribution in [0.1, 0.15) is 28.4 Å². The van der Waals surface area contributed by atoms with Crippen molar-refractivity contribution in [2.75, 3.05) is 0 Å². The van der Waals surface area contributed by atoms with Crippen LogP contribution in [0, 0.1) is 11.3 Å². The summed E-state index contributed by atoms with van der Waals surface area (Å²) < 4.78 is 44.1. The minimum absolute atomic E-state index is 0.0521. The maximum atomic E-state index is 12.8. The fourth-order valence-corrected chi connectivity index (χ4v) is 2.76. The molecule has 0 N–H and O–H groups in total. The lowest BCUT2D eigenvalue weighted by Gasteiger charge is -2.12. The second-order valence-electron chi connectivity index (χ2n) is 4.99. The van der Waals surface area contributed by atoms with E-state index < -0.39 is 17.8 Å². The van der Waals surface area contributed by atoms with Gasteiger partial charge in [-0.1, -0.05) is 23.7 Å². The van der Waals surface area contributed by atoms with Gasteiger partial charge in [-0.25, -0.2) is 0 Å². The third-order valence-electron chi connectivity index (χ3n) is 3.50. The lowest BCUT2D eigenvalue weighted by Crippen LogP contribution is -2.05. The van der Waals surface area contributed by atoms with Crippen molar-refractivity contribution in [3.63, 3.8) is 0 Å². The van der Waals surface area contributed by atoms with Crippen LogP contribution < -0.4 is 4.74 Å². The number of benzene rings is 2. The van der Waals surface area contributed by atoms with Gasteiger partial charge in [-0.3, -0.25) is 0 Å². The van der Waals surface area contributed by atoms with Crippen molar-refractivity contribution in [3.8, 4) is 11.8 Å². The SMILES string of the molecule is N#Cc1cccc(C2Cc3cc(C(F)(F)F)cc(Cl)c3O2)c1. The molecular weight excluding hydrogens is 315 g/mol. The Bertz CT molecular complexity index is 780. The van der Waals surface area contributed by atoms with Gasteiger partial charge in [0.15, 0.2) is 0 Å². The van der Waals surface area contributed by atoms with Gasteiger partial charge in [0.25, 0.3) is 0 Å². The summed E-state index contributed by atoms with van der Waals surface area (Å²) in [4.78, 5) is 0. The van der Waals surface area contributed by atoms with Crippen molar-refractivity contribution in [2.24, 2.45) is 0 Å². The molecule has 0 saturated heterocycles. The van der Waals surface area contributed by atoms with Crippen molar-refractivity contribution >= 4 is 11.6 Å². The van der Waals surface area contributed by atoms with Crippen LogP contribution in [0.25, 0.3) is 0 Å². The second-order valence-corrected chi connectivity index (χ2v) is 5.40. The van der Waals surface area contributed by atoms with Crippen LogP contribution in [-0.2, 0) is 12.6 Å². The molecule has 6 heteroatoms. The molecule has 2 aromatic rings. The molecule has 0 spiro atoms. The molecule has 2 nitrogen and oxygen atoms in total. The summed E-state index contributed by atoms with van der Waals surface area (Å²) in [5, 5.41) is 8.86. The van der Waals surface area contributed by atoms with E-state index >= 15 is 0 Å². The molecule has 0 aromatic heterocycles. The third-order valence-corrected chi connectivity index (χ3v) is 3.78. The average Bonchev–Trinajstić information content (AvgIpc) is 2.91. The van der Waals surface area contributed by atoms with Crippen LogP contribution >= 0.6 is 11.6 Å². The summed E-state index contributed by atoms with van der Waals surface area (Å²) in [5.41, 5.74) is 0.845. The predicted molar refractivity (Wildman–Crippen MR) is 74.7 cm³/mol. The zero-order valence-corrected chi connectivity index (χ0v) is 11.9. The monoisotopic (exact) mass is 323 g/mol. The lowest BCUT2D eigenvalue weighted by molar-refractivity contribution is -0.137. The molecule has 0 fully saturated rings. The molecule has 0 radical (unpaired) electrons. The van der Waals surface area contributed by atoms with Crippen molar-refractivity contribution < 1.29 is 17.9 Å². The van der Waals surface area contributed by atoms with E-state index in [9.17, 15) is 13.2 Å². The predicted octanol–water partition coefficient (Wildman–Crippen LogP) is 4.91. The van der Waals surface area contributed by atoms with Gasteiger partial charge in [-0.15, -0.1) is 0 Å². The quantitative estimate of drug-likeness (QED) is 0.747. The molecule has 1 heterocycles. The molecule has 0 bridgehead atoms. The molecule has 22 heavy (non-hydrogen) atoms. The summed E-state index contributed by atoms with van der Waals surface area (Å²) in [6.45, 7) is 0. The standard InChI is InChI=1S/C16H9ClF3NO/c17-13-7-12(16(18,19)20)5-11-6-14(22-15(11)13)10-3-1-2-9(4-10)8-21/h1-5,7,14H,6H2. The number of hydrogen-bond acceptors (Lipinski definition) is 2. The van der Waals surface area contributed by atoms with Crippen LogP contribution in [0.2, 0.25) is 5.02 Å². The molecule has 112 valence electrons. The van der Waals surface area contributed by atoms with Crippen LogP contribution in [0.15, 0.2) is 36.4 Å². The average molecular weight is 324 g/mol. The lowest BCUT2D eigenvalue weighted by atomic mass is 10.0. The van der Waals surface area contributed by atoms with Gasteiger partial charge in [0, 0.05) is 12.0 Å². The Morgan fingerprint density at radius 2 is 2.00 bits per heavy atom. The number of ether oxygens (including phenoxy) is 1. The van der Waals surface area contributed by atoms with E-state index in [-0.39, 0.29) is 17.2 Å². The van der Waals surface area contributed by atoms with Gasteiger partial charge in [-0.2, -0.15) is 18.4 Å². The molecule has 0 aliphatic carbocycles. The number of alkyl halides is 3. The maximum absolute atomic E-state index is 12.8. The highest BCUT2D eigenvalue weighted by atomic mass is 35.5. The topological polar surface area (TPSA) is 33.0 Å². The minimum atomic E-state index is -4.45. The van der Waals surface area contributed by atoms with E-state index in [0.29, 0.717) is 11.1 Å². The zero-order valence-electron chi connectivity index (χ0n) is 11.1. The Kier molecular flexibility index (Phi) is 3.50. The maximum Gasteiger partial charge on any atom is 0.416 e. The Morgan fingerprint density at radius 1 is 1.23 bits per heavy atom. The summed E-state index contributed by atoms with van der Waals surface area (Å²) in [7, 11) is 0. The number of nitriles is 1. The smallest absolute Gasteiger partial charge is 0.416 e. The minimum Gasteiger partial charge on any atom is -0.484 e. The third kappa shape index (κ3) is 2.62. The van der Waals surface area contributed by atoms with E-state index in [0.717, 1.165) is 17.7 Å². The van der Waals surface area contributed by atoms with Crippen molar-refractivity contribution in [1.82, 2.24) is 0 Å². The van der Waals surface area contributed by atoms with Gasteiger partial charge >= 0.3 is 6.18 Å². The normalized spacial score (nSPS) is 16.8. The van der Waals surface area contributed by atoms with Crippen molar-refractivity contribution in [3.05, 3.63) is 63.7 Å². The fourth-order valence-electron chi connectivity index (χ4n) is 2.48. The van der Waals surface area contributed by atoms with Crippen LogP contribution in [0.3, 0.4) is 0 Å². The van der Waals surface area contributed by atoms with Crippen molar-refractivity contribution in [1.29, 1.82) is 5.26 Å². The first kappa shape index (κ1) is 14.7. The second kappa shape index (κ2) is 5.22. The number of halogens is 4. The van der Waals surface area contributed by atoms with Crippen LogP contribution in [-0.4, -0.2) is 0 Å². The Labute approximate surface area is 129 Å². The summed E-state index contributed by atoms with van der Waals surface area (Å²) in [6.07, 6.45) is -4.60. The molecule has 3 rings (SSSR count). The van der Waals surface area contributed by atoms with Crippen LogP contribution in [0.4, 0.5) is 13.2 Å². The summed E-state index contributed by atoms with van der Waals surface area (Å²) in [6, 6.07) is 10.8. The molecule has 0 amide bonds. The summed E-state index contributed by atoms with van der Waals surface area (Å²) in [5.74, 6) is 0.280. The summed E-state index contributed by atoms with van der Waals surface area (Å²) >= 11 is 5.91. The molecular formula is C16H9ClF3NO. The fraction of sp³-hybridized carbons (Fsp3) is 0.188. The van der Waals surface area contributed by atoms with E-state index in [1.807, 2.05) is 6.07 Å². The Morgan fingerprint density at radius 3 is 2.68 bits per heavy atom. The number of rotatable bonds is 1. The first-order valence-corrected chi connectivity index (χ1v) is 6.82. The van der Waals surface area contributed by atoms with Gasteiger partial charge in [-0.05, 0) is 29.8 Å². The molecule has 1 aliphatic rings. The molecule has 1 aliphatic heterocycles. The van der Waals surface area contributed by atoms with E-state index in [2.05, 4.69) is 0 Å². The highest BCUT2D eigenvalue weighted by Crippen LogP contribution is 2.44. The molecule has 1 unspecified atom stereocenters. The highest BCUT2D eigenvalue weighted by molar-refractivity contribution is 6.32. The molecule has 2 aromatic carbocycles. The van der Waals surface area contributed by atoms with Gasteiger partial charge in [0.1, 0.15) is 11.9 Å². The number of fused-ring (bicyclic) bond motifs is 1. The molecule has 0 saturated carbocycles. The Balaban J connectivity index is 1.96. The van der Waals surface area contributed by atoms with E-state index in [1.165, 1.54) is 0 Å². The largest absolute Gasteiger partial charge is 0.484 e. The van der Waals surface area contributed by atoms with Gasteiger partial charge in [0.2, 0.25) is 0 Å². The number of nitrogens with zero attached hydrogens (tertiary/aromatic N) is 1. The van der Waals surface area contributed by atoms with E-state index in [4.69, 9.17) is 21.6 Å². The Hall–Kier alpha value is -2.19. The van der Waals surface area contributed by atoms with E-state index in [1.54, 1.807) is 24.3 Å². The van der Waals surface area contributed by atoms with Crippen molar-refractivity contribution in [2.45, 2.75) is 18.7 Å².